The molecule has 1 heterocycles. The van der Waals surface area contributed by atoms with Crippen molar-refractivity contribution in [2.45, 2.75) is 23.8 Å². The second-order valence-corrected chi connectivity index (χ2v) is 2.69. The van der Waals surface area contributed by atoms with E-state index < -0.39 is 30.4 Å². The zero-order valence-corrected chi connectivity index (χ0v) is 6.34. The molecule has 4 atom stereocenters. The molecule has 0 aliphatic carbocycles. The van der Waals surface area contributed by atoms with Crippen molar-refractivity contribution in [1.82, 2.24) is 0 Å². The standard InChI is InChI=1S/C7H9BO4/c1-2-7(11)4(3-9)12-6(8)5(7)10/h1,4-6,9-11H,3H2/t4-,5+,6-,7+/m1/s1. The molecule has 1 aliphatic rings. The first kappa shape index (κ1) is 9.55. The largest absolute Gasteiger partial charge is 0.394 e. The fourth-order valence-corrected chi connectivity index (χ4v) is 1.17. The molecule has 0 spiro atoms. The molecule has 0 aromatic rings. The van der Waals surface area contributed by atoms with Crippen molar-refractivity contribution in [1.29, 1.82) is 0 Å². The lowest BCUT2D eigenvalue weighted by Gasteiger charge is -2.23. The SMILES string of the molecule is [B][C@@H]1O[C@H](CO)[C@@](O)(C#C)[C@H]1O. The van der Waals surface area contributed by atoms with Crippen LogP contribution in [-0.4, -0.2) is 53.6 Å². The van der Waals surface area contributed by atoms with E-state index in [-0.39, 0.29) is 0 Å². The first-order valence-corrected chi connectivity index (χ1v) is 3.46. The molecule has 2 radical (unpaired) electrons. The van der Waals surface area contributed by atoms with Crippen LogP contribution >= 0.6 is 0 Å². The molecule has 0 aromatic heterocycles. The minimum absolute atomic E-state index is 0.481. The van der Waals surface area contributed by atoms with E-state index >= 15 is 0 Å². The first-order valence-electron chi connectivity index (χ1n) is 3.46. The fraction of sp³-hybridized carbons (Fsp3) is 0.714. The Hall–Kier alpha value is -0.535. The normalized spacial score (nSPS) is 47.3. The van der Waals surface area contributed by atoms with Crippen LogP contribution in [0.3, 0.4) is 0 Å². The maximum Gasteiger partial charge on any atom is 0.181 e. The summed E-state index contributed by atoms with van der Waals surface area (Å²) in [6.45, 7) is -0.481. The van der Waals surface area contributed by atoms with Crippen molar-refractivity contribution in [3.8, 4) is 12.3 Å². The van der Waals surface area contributed by atoms with Crippen molar-refractivity contribution in [3.63, 3.8) is 0 Å². The van der Waals surface area contributed by atoms with Crippen LogP contribution in [0.2, 0.25) is 0 Å². The summed E-state index contributed by atoms with van der Waals surface area (Å²) in [4.78, 5) is 0. The van der Waals surface area contributed by atoms with Gasteiger partial charge in [-0.05, 0) is 0 Å². The second kappa shape index (κ2) is 3.07. The number of aliphatic hydroxyl groups excluding tert-OH is 2. The van der Waals surface area contributed by atoms with Gasteiger partial charge in [0.2, 0.25) is 0 Å². The van der Waals surface area contributed by atoms with E-state index in [4.69, 9.17) is 24.1 Å². The molecule has 1 rings (SSSR count). The molecular formula is C7H9BO4. The van der Waals surface area contributed by atoms with Gasteiger partial charge < -0.3 is 20.1 Å². The van der Waals surface area contributed by atoms with Gasteiger partial charge in [-0.2, -0.15) is 0 Å². The second-order valence-electron chi connectivity index (χ2n) is 2.69. The lowest BCUT2D eigenvalue weighted by molar-refractivity contribution is -0.0519. The summed E-state index contributed by atoms with van der Waals surface area (Å²) in [6, 6.07) is -1.05. The van der Waals surface area contributed by atoms with Gasteiger partial charge in [-0.15, -0.1) is 6.42 Å². The van der Waals surface area contributed by atoms with E-state index in [1.807, 2.05) is 5.92 Å². The lowest BCUT2D eigenvalue weighted by Crippen LogP contribution is -2.48. The van der Waals surface area contributed by atoms with Crippen LogP contribution in [0.25, 0.3) is 0 Å². The Morgan fingerprint density at radius 3 is 2.58 bits per heavy atom. The summed E-state index contributed by atoms with van der Waals surface area (Å²) in [7, 11) is 5.26. The first-order chi connectivity index (χ1) is 5.56. The zero-order chi connectivity index (χ0) is 9.35. The molecule has 4 nitrogen and oxygen atoms in total. The summed E-state index contributed by atoms with van der Waals surface area (Å²) >= 11 is 0. The monoisotopic (exact) mass is 168 g/mol. The van der Waals surface area contributed by atoms with E-state index in [1.165, 1.54) is 0 Å². The zero-order valence-electron chi connectivity index (χ0n) is 6.34. The maximum atomic E-state index is 9.55. The molecule has 12 heavy (non-hydrogen) atoms. The number of hydrogen-bond donors (Lipinski definition) is 3. The van der Waals surface area contributed by atoms with E-state index in [1.54, 1.807) is 0 Å². The van der Waals surface area contributed by atoms with Gasteiger partial charge in [0.15, 0.2) is 5.60 Å². The molecular weight excluding hydrogens is 159 g/mol. The molecule has 0 unspecified atom stereocenters. The molecule has 1 fully saturated rings. The van der Waals surface area contributed by atoms with Crippen molar-refractivity contribution in [3.05, 3.63) is 0 Å². The van der Waals surface area contributed by atoms with Gasteiger partial charge >= 0.3 is 0 Å². The third kappa shape index (κ3) is 1.13. The highest BCUT2D eigenvalue weighted by molar-refractivity contribution is 6.11. The summed E-state index contributed by atoms with van der Waals surface area (Å²) in [5.41, 5.74) is -1.88. The van der Waals surface area contributed by atoms with E-state index in [0.717, 1.165) is 0 Å². The fourth-order valence-electron chi connectivity index (χ4n) is 1.17. The van der Waals surface area contributed by atoms with Crippen LogP contribution in [-0.2, 0) is 4.74 Å². The summed E-state index contributed by atoms with van der Waals surface area (Å²) in [6.07, 6.45) is 2.60. The number of hydrogen-bond acceptors (Lipinski definition) is 4. The van der Waals surface area contributed by atoms with Crippen molar-refractivity contribution >= 4 is 7.85 Å². The number of rotatable bonds is 1. The highest BCUT2D eigenvalue weighted by Gasteiger charge is 2.51. The predicted octanol–water partition coefficient (Wildman–Crippen LogP) is -2.40. The summed E-state index contributed by atoms with van der Waals surface area (Å²) in [5, 5.41) is 27.5. The molecule has 1 aliphatic heterocycles. The minimum atomic E-state index is -1.88. The van der Waals surface area contributed by atoms with Gasteiger partial charge in [-0.3, -0.25) is 0 Å². The lowest BCUT2D eigenvalue weighted by atomic mass is 9.85. The molecule has 64 valence electrons. The van der Waals surface area contributed by atoms with Crippen molar-refractivity contribution in [2.75, 3.05) is 6.61 Å². The van der Waals surface area contributed by atoms with Gasteiger partial charge in [0.1, 0.15) is 20.1 Å². The van der Waals surface area contributed by atoms with E-state index in [9.17, 15) is 10.2 Å². The molecule has 5 heteroatoms. The van der Waals surface area contributed by atoms with Crippen LogP contribution in [0, 0.1) is 12.3 Å². The molecule has 0 aromatic carbocycles. The van der Waals surface area contributed by atoms with Crippen molar-refractivity contribution < 1.29 is 20.1 Å². The van der Waals surface area contributed by atoms with Gasteiger partial charge in [-0.1, -0.05) is 5.92 Å². The number of ether oxygens (including phenoxy) is 1. The smallest absolute Gasteiger partial charge is 0.181 e. The van der Waals surface area contributed by atoms with Crippen molar-refractivity contribution in [2.24, 2.45) is 0 Å². The summed E-state index contributed by atoms with van der Waals surface area (Å²) < 4.78 is 4.81. The Labute approximate surface area is 71.6 Å². The maximum absolute atomic E-state index is 9.55. The topological polar surface area (TPSA) is 69.9 Å². The van der Waals surface area contributed by atoms with Gasteiger partial charge in [-0.25, -0.2) is 0 Å². The average Bonchev–Trinajstić information content (AvgIpc) is 2.30. The number of aliphatic hydroxyl groups is 3. The quantitative estimate of drug-likeness (QED) is 0.301. The highest BCUT2D eigenvalue weighted by Crippen LogP contribution is 2.28. The molecule has 1 saturated heterocycles. The number of terminal acetylenes is 1. The van der Waals surface area contributed by atoms with Gasteiger partial charge in [0.05, 0.1) is 6.61 Å². The minimum Gasteiger partial charge on any atom is -0.394 e. The molecule has 3 N–H and O–H groups in total. The average molecular weight is 168 g/mol. The van der Waals surface area contributed by atoms with Crippen LogP contribution < -0.4 is 0 Å². The van der Waals surface area contributed by atoms with Gasteiger partial charge in [0.25, 0.3) is 0 Å². The third-order valence-electron chi connectivity index (χ3n) is 1.97. The molecule has 0 amide bonds. The summed E-state index contributed by atoms with van der Waals surface area (Å²) in [5.74, 6) is 1.96. The Morgan fingerprint density at radius 2 is 2.25 bits per heavy atom. The highest BCUT2D eigenvalue weighted by atomic mass is 16.6. The Bertz CT molecular complexity index is 214. The Kier molecular flexibility index (Phi) is 2.45. The van der Waals surface area contributed by atoms with E-state index in [0.29, 0.717) is 0 Å². The molecule has 0 saturated carbocycles. The third-order valence-corrected chi connectivity index (χ3v) is 1.97. The molecule has 0 bridgehead atoms. The van der Waals surface area contributed by atoms with Crippen LogP contribution in [0.5, 0.6) is 0 Å². The van der Waals surface area contributed by atoms with Crippen LogP contribution in [0.4, 0.5) is 0 Å². The van der Waals surface area contributed by atoms with Gasteiger partial charge in [0, 0.05) is 6.00 Å². The predicted molar refractivity (Wildman–Crippen MR) is 41.3 cm³/mol. The Balaban J connectivity index is 2.89. The van der Waals surface area contributed by atoms with E-state index in [2.05, 4.69) is 0 Å². The van der Waals surface area contributed by atoms with Crippen LogP contribution in [0.15, 0.2) is 0 Å². The van der Waals surface area contributed by atoms with Crippen LogP contribution in [0.1, 0.15) is 0 Å². The Morgan fingerprint density at radius 1 is 1.67 bits per heavy atom.